The third-order valence-corrected chi connectivity index (χ3v) is 7.17. The molecule has 1 aromatic heterocycles. The predicted octanol–water partition coefficient (Wildman–Crippen LogP) is 2.45. The monoisotopic (exact) mass is 483 g/mol. The molecule has 10 heteroatoms. The van der Waals surface area contributed by atoms with Crippen molar-refractivity contribution in [1.82, 2.24) is 5.32 Å². The van der Waals surface area contributed by atoms with Crippen molar-refractivity contribution in [3.05, 3.63) is 46.3 Å². The van der Waals surface area contributed by atoms with Crippen molar-refractivity contribution in [3.8, 4) is 0 Å². The Balaban J connectivity index is 1.56. The summed E-state index contributed by atoms with van der Waals surface area (Å²) in [4.78, 5) is 39.4. The molecule has 1 atom stereocenters. The number of benzene rings is 1. The van der Waals surface area contributed by atoms with Crippen molar-refractivity contribution in [2.45, 2.75) is 44.6 Å². The van der Waals surface area contributed by atoms with Crippen LogP contribution in [-0.2, 0) is 27.2 Å². The van der Waals surface area contributed by atoms with Gasteiger partial charge in [-0.05, 0) is 49.8 Å². The summed E-state index contributed by atoms with van der Waals surface area (Å²) in [6, 6.07) is 8.38. The van der Waals surface area contributed by atoms with Crippen molar-refractivity contribution >= 4 is 45.5 Å². The Morgan fingerprint density at radius 3 is 2.68 bits per heavy atom. The number of hydrogen-bond donors (Lipinski definition) is 3. The summed E-state index contributed by atoms with van der Waals surface area (Å²) >= 11 is 1.45. The Bertz CT molecular complexity index is 1100. The molecule has 4 rings (SSSR count). The van der Waals surface area contributed by atoms with E-state index in [9.17, 15) is 14.4 Å². The number of hydrazone groups is 1. The van der Waals surface area contributed by atoms with Gasteiger partial charge in [-0.15, -0.1) is 11.3 Å². The van der Waals surface area contributed by atoms with Crippen molar-refractivity contribution in [2.24, 2.45) is 10.8 Å². The van der Waals surface area contributed by atoms with Crippen LogP contribution in [0.3, 0.4) is 0 Å². The number of nitrogens with one attached hydrogen (secondary N) is 2. The third-order valence-electron chi connectivity index (χ3n) is 5.96. The van der Waals surface area contributed by atoms with E-state index in [2.05, 4.69) is 15.7 Å². The standard InChI is InChI=1S/C24H29N5O4S/c1-33-13-7-12-26-23(32)20-16-10-5-6-11-19(16)34-24(20)27-22(31)17-14-18(21(25)30)29(28-17)15-8-3-2-4-9-15/h2-4,8-9,18H,5-7,10-14H2,1H3,(H2,25,30)(H,26,32)(H,27,31). The highest BCUT2D eigenvalue weighted by molar-refractivity contribution is 7.17. The number of amides is 3. The van der Waals surface area contributed by atoms with E-state index in [0.29, 0.717) is 35.8 Å². The first kappa shape index (κ1) is 23.9. The second-order valence-electron chi connectivity index (χ2n) is 8.32. The lowest BCUT2D eigenvalue weighted by atomic mass is 9.95. The topological polar surface area (TPSA) is 126 Å². The second-order valence-corrected chi connectivity index (χ2v) is 9.43. The van der Waals surface area contributed by atoms with Gasteiger partial charge in [0.15, 0.2) is 0 Å². The predicted molar refractivity (Wildman–Crippen MR) is 132 cm³/mol. The fourth-order valence-corrected chi connectivity index (χ4v) is 5.55. The molecule has 2 aliphatic rings. The number of aryl methyl sites for hydroxylation is 1. The maximum atomic E-state index is 13.2. The summed E-state index contributed by atoms with van der Waals surface area (Å²) in [7, 11) is 1.62. The molecular weight excluding hydrogens is 454 g/mol. The number of nitrogens with two attached hydrogens (primary N) is 1. The molecule has 0 fully saturated rings. The summed E-state index contributed by atoms with van der Waals surface area (Å²) in [6.07, 6.45) is 4.59. The first-order valence-electron chi connectivity index (χ1n) is 11.4. The smallest absolute Gasteiger partial charge is 0.272 e. The Labute approximate surface area is 202 Å². The normalized spacial score (nSPS) is 17.1. The van der Waals surface area contributed by atoms with Gasteiger partial charge in [0.2, 0.25) is 5.91 Å². The Kier molecular flexibility index (Phi) is 7.59. The SMILES string of the molecule is COCCCNC(=O)c1c(NC(=O)C2=NN(c3ccccc3)C(C(N)=O)C2)sc2c1CCCC2. The number of rotatable bonds is 9. The number of thiophene rings is 1. The van der Waals surface area contributed by atoms with Crippen LogP contribution in [0, 0.1) is 0 Å². The summed E-state index contributed by atoms with van der Waals surface area (Å²) in [6.45, 7) is 1.05. The molecule has 0 saturated heterocycles. The number of carbonyl (C=O) groups excluding carboxylic acids is 3. The number of methoxy groups -OCH3 is 1. The van der Waals surface area contributed by atoms with E-state index in [-0.39, 0.29) is 18.0 Å². The van der Waals surface area contributed by atoms with Crippen LogP contribution in [0.5, 0.6) is 0 Å². The maximum Gasteiger partial charge on any atom is 0.272 e. The lowest BCUT2D eigenvalue weighted by Crippen LogP contribution is -2.39. The summed E-state index contributed by atoms with van der Waals surface area (Å²) in [5, 5.41) is 12.3. The van der Waals surface area contributed by atoms with Gasteiger partial charge in [0.25, 0.3) is 11.8 Å². The molecular formula is C24H29N5O4S. The number of para-hydroxylation sites is 1. The van der Waals surface area contributed by atoms with E-state index in [1.54, 1.807) is 19.2 Å². The fourth-order valence-electron chi connectivity index (χ4n) is 4.26. The van der Waals surface area contributed by atoms with Crippen LogP contribution in [0.4, 0.5) is 10.7 Å². The molecule has 1 unspecified atom stereocenters. The molecule has 4 N–H and O–H groups in total. The quantitative estimate of drug-likeness (QED) is 0.472. The highest BCUT2D eigenvalue weighted by Gasteiger charge is 2.36. The van der Waals surface area contributed by atoms with Crippen LogP contribution in [0.15, 0.2) is 35.4 Å². The lowest BCUT2D eigenvalue weighted by Gasteiger charge is -2.20. The van der Waals surface area contributed by atoms with Gasteiger partial charge >= 0.3 is 0 Å². The molecule has 3 amide bonds. The van der Waals surface area contributed by atoms with E-state index < -0.39 is 17.9 Å². The van der Waals surface area contributed by atoms with Crippen LogP contribution in [-0.4, -0.2) is 49.7 Å². The van der Waals surface area contributed by atoms with Gasteiger partial charge in [0.05, 0.1) is 11.3 Å². The van der Waals surface area contributed by atoms with Crippen molar-refractivity contribution in [2.75, 3.05) is 30.6 Å². The summed E-state index contributed by atoms with van der Waals surface area (Å²) in [5.41, 5.74) is 8.03. The molecule has 0 radical (unpaired) electrons. The van der Waals surface area contributed by atoms with Gasteiger partial charge in [-0.1, -0.05) is 18.2 Å². The van der Waals surface area contributed by atoms with Crippen molar-refractivity contribution in [3.63, 3.8) is 0 Å². The summed E-state index contributed by atoms with van der Waals surface area (Å²) in [5.74, 6) is -1.19. The fraction of sp³-hybridized carbons (Fsp3) is 0.417. The van der Waals surface area contributed by atoms with E-state index in [1.807, 2.05) is 18.2 Å². The molecule has 34 heavy (non-hydrogen) atoms. The maximum absolute atomic E-state index is 13.2. The van der Waals surface area contributed by atoms with Crippen molar-refractivity contribution in [1.29, 1.82) is 0 Å². The number of anilines is 2. The minimum Gasteiger partial charge on any atom is -0.385 e. The largest absolute Gasteiger partial charge is 0.385 e. The first-order valence-corrected chi connectivity index (χ1v) is 12.2. The average Bonchev–Trinajstić information content (AvgIpc) is 3.44. The Morgan fingerprint density at radius 1 is 1.18 bits per heavy atom. The number of fused-ring (bicyclic) bond motifs is 1. The minimum absolute atomic E-state index is 0.0969. The van der Waals surface area contributed by atoms with Crippen LogP contribution in [0.25, 0.3) is 0 Å². The zero-order chi connectivity index (χ0) is 24.1. The third kappa shape index (κ3) is 5.13. The molecule has 0 bridgehead atoms. The highest BCUT2D eigenvalue weighted by Crippen LogP contribution is 2.38. The molecule has 2 aromatic rings. The van der Waals surface area contributed by atoms with Crippen molar-refractivity contribution < 1.29 is 19.1 Å². The average molecular weight is 484 g/mol. The van der Waals surface area contributed by atoms with E-state index >= 15 is 0 Å². The van der Waals surface area contributed by atoms with Crippen LogP contribution >= 0.6 is 11.3 Å². The Morgan fingerprint density at radius 2 is 1.94 bits per heavy atom. The van der Waals surface area contributed by atoms with E-state index in [0.717, 1.165) is 36.1 Å². The number of nitrogens with zero attached hydrogens (tertiary/aromatic N) is 2. The van der Waals surface area contributed by atoms with Gasteiger partial charge < -0.3 is 21.1 Å². The highest BCUT2D eigenvalue weighted by atomic mass is 32.1. The molecule has 0 spiro atoms. The molecule has 2 heterocycles. The molecule has 180 valence electrons. The van der Waals surface area contributed by atoms with Crippen LogP contribution in [0.1, 0.15) is 46.5 Å². The van der Waals surface area contributed by atoms with Gasteiger partial charge in [0, 0.05) is 31.6 Å². The second kappa shape index (κ2) is 10.8. The number of carbonyl (C=O) groups is 3. The number of hydrogen-bond acceptors (Lipinski definition) is 7. The number of ether oxygens (including phenoxy) is 1. The zero-order valence-electron chi connectivity index (χ0n) is 19.1. The first-order chi connectivity index (χ1) is 16.5. The van der Waals surface area contributed by atoms with Gasteiger partial charge in [-0.2, -0.15) is 5.10 Å². The summed E-state index contributed by atoms with van der Waals surface area (Å²) < 4.78 is 5.05. The molecule has 1 aliphatic heterocycles. The molecule has 1 aromatic carbocycles. The van der Waals surface area contributed by atoms with Gasteiger partial charge in [0.1, 0.15) is 16.8 Å². The van der Waals surface area contributed by atoms with E-state index in [1.165, 1.54) is 16.3 Å². The minimum atomic E-state index is -0.747. The molecule has 0 saturated carbocycles. The van der Waals surface area contributed by atoms with Crippen LogP contribution in [0.2, 0.25) is 0 Å². The van der Waals surface area contributed by atoms with Gasteiger partial charge in [-0.3, -0.25) is 19.4 Å². The molecule has 1 aliphatic carbocycles. The van der Waals surface area contributed by atoms with Crippen LogP contribution < -0.4 is 21.4 Å². The van der Waals surface area contributed by atoms with Gasteiger partial charge in [-0.25, -0.2) is 0 Å². The lowest BCUT2D eigenvalue weighted by molar-refractivity contribution is -0.119. The Hall–Kier alpha value is -3.24. The van der Waals surface area contributed by atoms with E-state index in [4.69, 9.17) is 10.5 Å². The molecule has 9 nitrogen and oxygen atoms in total. The number of primary amides is 1. The zero-order valence-corrected chi connectivity index (χ0v) is 20.0.